The van der Waals surface area contributed by atoms with Gasteiger partial charge in [-0.2, -0.15) is 0 Å². The maximum absolute atomic E-state index is 12.4. The first-order valence-electron chi connectivity index (χ1n) is 9.49. The van der Waals surface area contributed by atoms with Gasteiger partial charge in [-0.15, -0.1) is 0 Å². The minimum Gasteiger partial charge on any atom is -0.496 e. The van der Waals surface area contributed by atoms with E-state index in [9.17, 15) is 9.59 Å². The fourth-order valence-corrected chi connectivity index (χ4v) is 3.71. The average molecular weight is 360 g/mol. The van der Waals surface area contributed by atoms with Crippen LogP contribution in [-0.4, -0.2) is 56.2 Å². The van der Waals surface area contributed by atoms with E-state index in [1.807, 2.05) is 29.2 Å². The number of hydrogen-bond acceptors (Lipinski definition) is 4. The smallest absolute Gasteiger partial charge is 0.251 e. The lowest BCUT2D eigenvalue weighted by Crippen LogP contribution is -2.46. The minimum absolute atomic E-state index is 0.0128. The van der Waals surface area contributed by atoms with Crippen molar-refractivity contribution in [3.05, 3.63) is 29.8 Å². The van der Waals surface area contributed by atoms with Crippen LogP contribution in [0.5, 0.6) is 5.75 Å². The third-order valence-electron chi connectivity index (χ3n) is 5.27. The number of amides is 2. The number of methoxy groups -OCH3 is 1. The largest absolute Gasteiger partial charge is 0.496 e. The van der Waals surface area contributed by atoms with E-state index >= 15 is 0 Å². The Labute approximate surface area is 154 Å². The number of para-hydroxylation sites is 1. The van der Waals surface area contributed by atoms with E-state index in [2.05, 4.69) is 5.32 Å². The summed E-state index contributed by atoms with van der Waals surface area (Å²) in [5, 5.41) is 3.03. The van der Waals surface area contributed by atoms with E-state index in [0.717, 1.165) is 43.4 Å². The number of nitrogens with one attached hydrogen (secondary N) is 1. The molecule has 142 valence electrons. The Hall–Kier alpha value is -2.08. The maximum atomic E-state index is 12.4. The lowest BCUT2D eigenvalue weighted by molar-refractivity contribution is -0.143. The molecule has 1 aromatic rings. The molecule has 2 heterocycles. The molecule has 26 heavy (non-hydrogen) atoms. The summed E-state index contributed by atoms with van der Waals surface area (Å²) in [7, 11) is 1.66. The van der Waals surface area contributed by atoms with Crippen LogP contribution in [0.15, 0.2) is 24.3 Å². The zero-order chi connectivity index (χ0) is 18.4. The Bertz CT molecular complexity index is 620. The van der Waals surface area contributed by atoms with E-state index in [1.165, 1.54) is 0 Å². The first kappa shape index (κ1) is 18.7. The van der Waals surface area contributed by atoms with Gasteiger partial charge in [0.2, 0.25) is 5.91 Å². The van der Waals surface area contributed by atoms with Gasteiger partial charge < -0.3 is 19.7 Å². The second-order valence-electron chi connectivity index (χ2n) is 6.95. The number of hydrogen-bond donors (Lipinski definition) is 1. The fourth-order valence-electron chi connectivity index (χ4n) is 3.71. The summed E-state index contributed by atoms with van der Waals surface area (Å²) in [5.74, 6) is 1.02. The van der Waals surface area contributed by atoms with Gasteiger partial charge in [-0.05, 0) is 43.7 Å². The molecule has 2 amide bonds. The molecule has 0 saturated carbocycles. The van der Waals surface area contributed by atoms with Gasteiger partial charge in [0.1, 0.15) is 11.9 Å². The Morgan fingerprint density at radius 2 is 2.00 bits per heavy atom. The van der Waals surface area contributed by atoms with Crippen LogP contribution in [0.4, 0.5) is 0 Å². The predicted octanol–water partition coefficient (Wildman–Crippen LogP) is 1.77. The summed E-state index contributed by atoms with van der Waals surface area (Å²) in [6.45, 7) is 2.56. The van der Waals surface area contributed by atoms with Crippen molar-refractivity contribution in [1.82, 2.24) is 10.2 Å². The van der Waals surface area contributed by atoms with Crippen molar-refractivity contribution in [1.29, 1.82) is 0 Å². The normalized spacial score (nSPS) is 20.8. The molecule has 2 aliphatic rings. The molecule has 1 N–H and O–H groups in total. The molecule has 1 aromatic carbocycles. The standard InChI is InChI=1S/C20H28N2O4/c1-25-17-6-3-2-5-15(17)8-11-21-19(23)16-9-12-22(13-10-16)20(24)18-7-4-14-26-18/h2-3,5-6,16,18H,4,7-14H2,1H3,(H,21,23). The number of piperidine rings is 1. The van der Waals surface area contributed by atoms with Gasteiger partial charge in [0.15, 0.2) is 0 Å². The molecule has 2 saturated heterocycles. The summed E-state index contributed by atoms with van der Waals surface area (Å²) < 4.78 is 10.8. The molecule has 2 aliphatic heterocycles. The van der Waals surface area contributed by atoms with Gasteiger partial charge in [0.05, 0.1) is 7.11 Å². The van der Waals surface area contributed by atoms with Crippen LogP contribution in [0.2, 0.25) is 0 Å². The van der Waals surface area contributed by atoms with Crippen LogP contribution >= 0.6 is 0 Å². The Balaban J connectivity index is 1.40. The van der Waals surface area contributed by atoms with Crippen molar-refractivity contribution < 1.29 is 19.1 Å². The van der Waals surface area contributed by atoms with Crippen LogP contribution in [0.3, 0.4) is 0 Å². The monoisotopic (exact) mass is 360 g/mol. The van der Waals surface area contributed by atoms with Crippen molar-refractivity contribution in [2.75, 3.05) is 33.4 Å². The van der Waals surface area contributed by atoms with Crippen LogP contribution in [-0.2, 0) is 20.7 Å². The van der Waals surface area contributed by atoms with Crippen LogP contribution in [0.1, 0.15) is 31.2 Å². The Morgan fingerprint density at radius 1 is 1.23 bits per heavy atom. The lowest BCUT2D eigenvalue weighted by atomic mass is 9.95. The van der Waals surface area contributed by atoms with E-state index in [0.29, 0.717) is 26.2 Å². The molecule has 1 atom stereocenters. The second kappa shape index (κ2) is 9.03. The molecular formula is C20H28N2O4. The van der Waals surface area contributed by atoms with Crippen molar-refractivity contribution >= 4 is 11.8 Å². The third kappa shape index (κ3) is 4.55. The van der Waals surface area contributed by atoms with E-state index in [1.54, 1.807) is 7.11 Å². The predicted molar refractivity (Wildman–Crippen MR) is 98.0 cm³/mol. The van der Waals surface area contributed by atoms with Gasteiger partial charge in [-0.25, -0.2) is 0 Å². The third-order valence-corrected chi connectivity index (χ3v) is 5.27. The summed E-state index contributed by atoms with van der Waals surface area (Å²) in [4.78, 5) is 26.6. The summed E-state index contributed by atoms with van der Waals surface area (Å²) in [6, 6.07) is 7.85. The van der Waals surface area contributed by atoms with Gasteiger partial charge in [-0.3, -0.25) is 9.59 Å². The Morgan fingerprint density at radius 3 is 2.69 bits per heavy atom. The lowest BCUT2D eigenvalue weighted by Gasteiger charge is -2.32. The van der Waals surface area contributed by atoms with E-state index in [-0.39, 0.29) is 23.8 Å². The first-order valence-corrected chi connectivity index (χ1v) is 9.49. The van der Waals surface area contributed by atoms with E-state index < -0.39 is 0 Å². The van der Waals surface area contributed by atoms with Gasteiger partial charge in [0.25, 0.3) is 5.91 Å². The molecule has 2 fully saturated rings. The van der Waals surface area contributed by atoms with Crippen LogP contribution in [0, 0.1) is 5.92 Å². The maximum Gasteiger partial charge on any atom is 0.251 e. The SMILES string of the molecule is COc1ccccc1CCNC(=O)C1CCN(C(=O)C2CCCO2)CC1. The molecule has 0 radical (unpaired) electrons. The highest BCUT2D eigenvalue weighted by molar-refractivity contribution is 5.82. The molecular weight excluding hydrogens is 332 g/mol. The van der Waals surface area contributed by atoms with Crippen LogP contribution in [0.25, 0.3) is 0 Å². The zero-order valence-electron chi connectivity index (χ0n) is 15.4. The highest BCUT2D eigenvalue weighted by atomic mass is 16.5. The molecule has 0 aromatic heterocycles. The number of carbonyl (C=O) groups excluding carboxylic acids is 2. The van der Waals surface area contributed by atoms with Gasteiger partial charge in [-0.1, -0.05) is 18.2 Å². The van der Waals surface area contributed by atoms with Gasteiger partial charge in [0, 0.05) is 32.2 Å². The van der Waals surface area contributed by atoms with Crippen molar-refractivity contribution in [3.63, 3.8) is 0 Å². The highest BCUT2D eigenvalue weighted by Gasteiger charge is 2.32. The van der Waals surface area contributed by atoms with Crippen molar-refractivity contribution in [3.8, 4) is 5.75 Å². The molecule has 0 spiro atoms. The second-order valence-corrected chi connectivity index (χ2v) is 6.95. The first-order chi connectivity index (χ1) is 12.7. The van der Waals surface area contributed by atoms with Crippen LogP contribution < -0.4 is 10.1 Å². The van der Waals surface area contributed by atoms with E-state index in [4.69, 9.17) is 9.47 Å². The van der Waals surface area contributed by atoms with Crippen molar-refractivity contribution in [2.24, 2.45) is 5.92 Å². The number of likely N-dealkylation sites (tertiary alicyclic amines) is 1. The summed E-state index contributed by atoms with van der Waals surface area (Å²) >= 11 is 0. The average Bonchev–Trinajstić information content (AvgIpc) is 3.22. The quantitative estimate of drug-likeness (QED) is 0.840. The minimum atomic E-state index is -0.263. The summed E-state index contributed by atoms with van der Waals surface area (Å²) in [6.07, 6.45) is 3.70. The number of ether oxygens (including phenoxy) is 2. The number of nitrogens with zero attached hydrogens (tertiary/aromatic N) is 1. The molecule has 6 nitrogen and oxygen atoms in total. The number of rotatable bonds is 6. The Kier molecular flexibility index (Phi) is 6.50. The highest BCUT2D eigenvalue weighted by Crippen LogP contribution is 2.22. The fraction of sp³-hybridized carbons (Fsp3) is 0.600. The molecule has 0 aliphatic carbocycles. The summed E-state index contributed by atoms with van der Waals surface area (Å²) in [5.41, 5.74) is 1.09. The molecule has 3 rings (SSSR count). The topological polar surface area (TPSA) is 67.9 Å². The number of carbonyl (C=O) groups is 2. The number of benzene rings is 1. The molecule has 6 heteroatoms. The molecule has 1 unspecified atom stereocenters. The molecule has 0 bridgehead atoms. The van der Waals surface area contributed by atoms with Gasteiger partial charge >= 0.3 is 0 Å². The van der Waals surface area contributed by atoms with Crippen molar-refractivity contribution in [2.45, 2.75) is 38.2 Å². The zero-order valence-corrected chi connectivity index (χ0v) is 15.4.